The van der Waals surface area contributed by atoms with E-state index < -0.39 is 0 Å². The highest BCUT2D eigenvalue weighted by Gasteiger charge is 2.18. The normalized spacial score (nSPS) is 16.8. The van der Waals surface area contributed by atoms with Gasteiger partial charge in [0.1, 0.15) is 0 Å². The molecule has 3 rings (SSSR count). The van der Waals surface area contributed by atoms with Gasteiger partial charge < -0.3 is 10.7 Å². The molecule has 1 heterocycles. The summed E-state index contributed by atoms with van der Waals surface area (Å²) in [7, 11) is 0. The SMILES string of the molecule is CC(C)C(CN)c1ccc2[nH]c3c(c2c1)CCCC3. The van der Waals surface area contributed by atoms with Gasteiger partial charge in [-0.3, -0.25) is 0 Å². The Labute approximate surface area is 115 Å². The number of aryl methyl sites for hydroxylation is 2. The summed E-state index contributed by atoms with van der Waals surface area (Å²) in [6.07, 6.45) is 5.09. The van der Waals surface area contributed by atoms with Crippen LogP contribution in [-0.4, -0.2) is 11.5 Å². The number of nitrogens with two attached hydrogens (primary N) is 1. The summed E-state index contributed by atoms with van der Waals surface area (Å²) in [6.45, 7) is 5.25. The quantitative estimate of drug-likeness (QED) is 0.863. The Hall–Kier alpha value is -1.28. The third kappa shape index (κ3) is 2.18. The van der Waals surface area contributed by atoms with E-state index in [-0.39, 0.29) is 0 Å². The molecule has 3 N–H and O–H groups in total. The van der Waals surface area contributed by atoms with Crippen molar-refractivity contribution in [1.82, 2.24) is 4.98 Å². The molecule has 0 spiro atoms. The largest absolute Gasteiger partial charge is 0.358 e. The zero-order valence-electron chi connectivity index (χ0n) is 12.0. The van der Waals surface area contributed by atoms with E-state index in [2.05, 4.69) is 37.0 Å². The number of hydrogen-bond acceptors (Lipinski definition) is 1. The lowest BCUT2D eigenvalue weighted by Gasteiger charge is -2.19. The van der Waals surface area contributed by atoms with Crippen LogP contribution in [0.5, 0.6) is 0 Å². The summed E-state index contributed by atoms with van der Waals surface area (Å²) in [5, 5.41) is 1.44. The fourth-order valence-electron chi connectivity index (χ4n) is 3.45. The second-order valence-electron chi connectivity index (χ2n) is 6.18. The van der Waals surface area contributed by atoms with Gasteiger partial charge in [-0.2, -0.15) is 0 Å². The van der Waals surface area contributed by atoms with Crippen LogP contribution in [0.3, 0.4) is 0 Å². The maximum atomic E-state index is 5.96. The average molecular weight is 256 g/mol. The molecular weight excluding hydrogens is 232 g/mol. The fourth-order valence-corrected chi connectivity index (χ4v) is 3.45. The number of H-pyrrole nitrogens is 1. The van der Waals surface area contributed by atoms with Crippen molar-refractivity contribution in [2.24, 2.45) is 11.7 Å². The molecule has 0 bridgehead atoms. The van der Waals surface area contributed by atoms with E-state index >= 15 is 0 Å². The maximum absolute atomic E-state index is 5.96. The second kappa shape index (κ2) is 5.01. The van der Waals surface area contributed by atoms with Crippen LogP contribution in [0.15, 0.2) is 18.2 Å². The average Bonchev–Trinajstić information content (AvgIpc) is 2.77. The van der Waals surface area contributed by atoms with E-state index in [0.29, 0.717) is 11.8 Å². The lowest BCUT2D eigenvalue weighted by Crippen LogP contribution is -2.17. The molecule has 2 heteroatoms. The zero-order valence-corrected chi connectivity index (χ0v) is 12.0. The summed E-state index contributed by atoms with van der Waals surface area (Å²) in [5.74, 6) is 1.07. The smallest absolute Gasteiger partial charge is 0.0459 e. The van der Waals surface area contributed by atoms with Crippen LogP contribution in [0.2, 0.25) is 0 Å². The van der Waals surface area contributed by atoms with E-state index in [4.69, 9.17) is 5.73 Å². The van der Waals surface area contributed by atoms with Crippen molar-refractivity contribution in [3.05, 3.63) is 35.0 Å². The van der Waals surface area contributed by atoms with E-state index in [1.807, 2.05) is 0 Å². The predicted molar refractivity (Wildman–Crippen MR) is 81.6 cm³/mol. The van der Waals surface area contributed by atoms with Crippen molar-refractivity contribution in [1.29, 1.82) is 0 Å². The van der Waals surface area contributed by atoms with Gasteiger partial charge in [0.2, 0.25) is 0 Å². The first-order valence-electron chi connectivity index (χ1n) is 7.54. The molecular formula is C17H24N2. The summed E-state index contributed by atoms with van der Waals surface area (Å²) >= 11 is 0. The Morgan fingerprint density at radius 1 is 1.21 bits per heavy atom. The van der Waals surface area contributed by atoms with Crippen LogP contribution in [0.1, 0.15) is 49.4 Å². The first-order chi connectivity index (χ1) is 9.20. The number of nitrogens with one attached hydrogen (secondary N) is 1. The van der Waals surface area contributed by atoms with Crippen LogP contribution in [0, 0.1) is 5.92 Å². The van der Waals surface area contributed by atoms with Crippen molar-refractivity contribution < 1.29 is 0 Å². The minimum absolute atomic E-state index is 0.471. The van der Waals surface area contributed by atoms with Gasteiger partial charge in [0.15, 0.2) is 0 Å². The number of hydrogen-bond donors (Lipinski definition) is 2. The Morgan fingerprint density at radius 3 is 2.74 bits per heavy atom. The molecule has 1 aliphatic rings. The van der Waals surface area contributed by atoms with Gasteiger partial charge in [-0.1, -0.05) is 19.9 Å². The molecule has 1 aromatic heterocycles. The van der Waals surface area contributed by atoms with E-state index in [9.17, 15) is 0 Å². The Kier molecular flexibility index (Phi) is 3.36. The number of aromatic amines is 1. The highest BCUT2D eigenvalue weighted by Crippen LogP contribution is 2.32. The number of benzene rings is 1. The van der Waals surface area contributed by atoms with E-state index in [1.165, 1.54) is 47.8 Å². The van der Waals surface area contributed by atoms with Gasteiger partial charge in [0.05, 0.1) is 0 Å². The minimum Gasteiger partial charge on any atom is -0.358 e. The van der Waals surface area contributed by atoms with Gasteiger partial charge in [0, 0.05) is 16.6 Å². The van der Waals surface area contributed by atoms with Crippen LogP contribution in [0.4, 0.5) is 0 Å². The fraction of sp³-hybridized carbons (Fsp3) is 0.529. The molecule has 1 atom stereocenters. The third-order valence-electron chi connectivity index (χ3n) is 4.61. The highest BCUT2D eigenvalue weighted by molar-refractivity contribution is 5.85. The molecule has 1 aromatic carbocycles. The van der Waals surface area contributed by atoms with E-state index in [0.717, 1.165) is 6.54 Å². The van der Waals surface area contributed by atoms with Gasteiger partial charge in [-0.05, 0) is 67.3 Å². The van der Waals surface area contributed by atoms with Gasteiger partial charge in [-0.15, -0.1) is 0 Å². The van der Waals surface area contributed by atoms with Crippen molar-refractivity contribution in [3.63, 3.8) is 0 Å². The topological polar surface area (TPSA) is 41.8 Å². The Bertz CT molecular complexity index is 580. The van der Waals surface area contributed by atoms with Gasteiger partial charge in [-0.25, -0.2) is 0 Å². The summed E-state index contributed by atoms with van der Waals surface area (Å²) in [5.41, 5.74) is 11.7. The second-order valence-corrected chi connectivity index (χ2v) is 6.18. The highest BCUT2D eigenvalue weighted by atomic mass is 14.7. The monoisotopic (exact) mass is 256 g/mol. The minimum atomic E-state index is 0.471. The van der Waals surface area contributed by atoms with Gasteiger partial charge >= 0.3 is 0 Å². The molecule has 0 aliphatic heterocycles. The van der Waals surface area contributed by atoms with E-state index in [1.54, 1.807) is 5.56 Å². The first kappa shape index (κ1) is 12.7. The standard InChI is InChI=1S/C17H24N2/c1-11(2)15(10-18)12-7-8-17-14(9-12)13-5-3-4-6-16(13)19-17/h7-9,11,15,19H,3-6,10,18H2,1-2H3. The maximum Gasteiger partial charge on any atom is 0.0459 e. The number of aromatic nitrogens is 1. The number of rotatable bonds is 3. The molecule has 102 valence electrons. The molecule has 1 aliphatic carbocycles. The van der Waals surface area contributed by atoms with Crippen LogP contribution >= 0.6 is 0 Å². The number of fused-ring (bicyclic) bond motifs is 3. The molecule has 0 saturated heterocycles. The van der Waals surface area contributed by atoms with Crippen molar-refractivity contribution in [2.75, 3.05) is 6.54 Å². The third-order valence-corrected chi connectivity index (χ3v) is 4.61. The van der Waals surface area contributed by atoms with Crippen LogP contribution in [-0.2, 0) is 12.8 Å². The molecule has 0 saturated carbocycles. The molecule has 0 amide bonds. The van der Waals surface area contributed by atoms with Crippen molar-refractivity contribution in [3.8, 4) is 0 Å². The molecule has 0 radical (unpaired) electrons. The zero-order chi connectivity index (χ0) is 13.4. The van der Waals surface area contributed by atoms with Crippen LogP contribution < -0.4 is 5.73 Å². The first-order valence-corrected chi connectivity index (χ1v) is 7.54. The lowest BCUT2D eigenvalue weighted by molar-refractivity contribution is 0.507. The van der Waals surface area contributed by atoms with Crippen molar-refractivity contribution >= 4 is 10.9 Å². The summed E-state index contributed by atoms with van der Waals surface area (Å²) in [6, 6.07) is 6.88. The van der Waals surface area contributed by atoms with Crippen LogP contribution in [0.25, 0.3) is 10.9 Å². The predicted octanol–water partition coefficient (Wildman–Crippen LogP) is 3.75. The van der Waals surface area contributed by atoms with Crippen molar-refractivity contribution in [2.45, 2.75) is 45.4 Å². The molecule has 1 unspecified atom stereocenters. The molecule has 19 heavy (non-hydrogen) atoms. The summed E-state index contributed by atoms with van der Waals surface area (Å²) < 4.78 is 0. The summed E-state index contributed by atoms with van der Waals surface area (Å²) in [4.78, 5) is 3.60. The molecule has 2 nitrogen and oxygen atoms in total. The Morgan fingerprint density at radius 2 is 2.00 bits per heavy atom. The lowest BCUT2D eigenvalue weighted by atomic mass is 9.87. The molecule has 2 aromatic rings. The molecule has 0 fully saturated rings. The van der Waals surface area contributed by atoms with Gasteiger partial charge in [0.25, 0.3) is 0 Å². The Balaban J connectivity index is 2.09.